The zero-order chi connectivity index (χ0) is 9.47. The SMILES string of the molecule is CC1(O)CCNc2cc(O)ccc21. The van der Waals surface area contributed by atoms with Crippen LogP contribution in [0.2, 0.25) is 0 Å². The zero-order valence-corrected chi connectivity index (χ0v) is 7.54. The molecule has 3 N–H and O–H groups in total. The minimum Gasteiger partial charge on any atom is -0.508 e. The van der Waals surface area contributed by atoms with Gasteiger partial charge in [0.25, 0.3) is 0 Å². The fraction of sp³-hybridized carbons (Fsp3) is 0.400. The van der Waals surface area contributed by atoms with Crippen LogP contribution >= 0.6 is 0 Å². The molecule has 1 heterocycles. The van der Waals surface area contributed by atoms with Crippen LogP contribution in [0.5, 0.6) is 5.75 Å². The largest absolute Gasteiger partial charge is 0.508 e. The van der Waals surface area contributed by atoms with Gasteiger partial charge < -0.3 is 15.5 Å². The van der Waals surface area contributed by atoms with Crippen LogP contribution in [0.3, 0.4) is 0 Å². The van der Waals surface area contributed by atoms with E-state index in [1.807, 2.05) is 0 Å². The third-order valence-corrected chi connectivity index (χ3v) is 2.51. The topological polar surface area (TPSA) is 52.5 Å². The molecule has 1 atom stereocenters. The molecule has 3 nitrogen and oxygen atoms in total. The van der Waals surface area contributed by atoms with Gasteiger partial charge in [-0.3, -0.25) is 0 Å². The summed E-state index contributed by atoms with van der Waals surface area (Å²) in [6.07, 6.45) is 0.699. The Morgan fingerprint density at radius 2 is 2.23 bits per heavy atom. The van der Waals surface area contributed by atoms with Crippen LogP contribution in [-0.4, -0.2) is 16.8 Å². The van der Waals surface area contributed by atoms with E-state index in [4.69, 9.17) is 0 Å². The molecule has 1 unspecified atom stereocenters. The lowest BCUT2D eigenvalue weighted by Crippen LogP contribution is -2.30. The first-order valence-corrected chi connectivity index (χ1v) is 4.39. The molecular weight excluding hydrogens is 166 g/mol. The van der Waals surface area contributed by atoms with E-state index in [0.717, 1.165) is 17.8 Å². The van der Waals surface area contributed by atoms with Crippen molar-refractivity contribution >= 4 is 5.69 Å². The van der Waals surface area contributed by atoms with Crippen LogP contribution in [0, 0.1) is 0 Å². The summed E-state index contributed by atoms with van der Waals surface area (Å²) in [6.45, 7) is 2.53. The molecule has 0 aromatic heterocycles. The summed E-state index contributed by atoms with van der Waals surface area (Å²) < 4.78 is 0. The maximum absolute atomic E-state index is 10.00. The first-order chi connectivity index (χ1) is 6.09. The number of phenolic OH excluding ortho intramolecular Hbond substituents is 1. The van der Waals surface area contributed by atoms with Crippen molar-refractivity contribution in [3.8, 4) is 5.75 Å². The average molecular weight is 179 g/mol. The summed E-state index contributed by atoms with van der Waals surface area (Å²) in [5.74, 6) is 0.226. The molecule has 1 aliphatic rings. The quantitative estimate of drug-likeness (QED) is 0.564. The number of hydrogen-bond acceptors (Lipinski definition) is 3. The number of fused-ring (bicyclic) bond motifs is 1. The van der Waals surface area contributed by atoms with Gasteiger partial charge in [0.05, 0.1) is 5.60 Å². The smallest absolute Gasteiger partial charge is 0.117 e. The lowest BCUT2D eigenvalue weighted by Gasteiger charge is -2.31. The van der Waals surface area contributed by atoms with Gasteiger partial charge in [-0.25, -0.2) is 0 Å². The third-order valence-electron chi connectivity index (χ3n) is 2.51. The van der Waals surface area contributed by atoms with E-state index in [1.54, 1.807) is 25.1 Å². The second-order valence-corrected chi connectivity index (χ2v) is 3.68. The highest BCUT2D eigenvalue weighted by atomic mass is 16.3. The van der Waals surface area contributed by atoms with Crippen molar-refractivity contribution in [3.63, 3.8) is 0 Å². The molecule has 0 radical (unpaired) electrons. The number of hydrogen-bond donors (Lipinski definition) is 3. The average Bonchev–Trinajstić information content (AvgIpc) is 2.02. The molecule has 1 aliphatic heterocycles. The van der Waals surface area contributed by atoms with Crippen molar-refractivity contribution in [1.82, 2.24) is 0 Å². The second kappa shape index (κ2) is 2.64. The highest BCUT2D eigenvalue weighted by molar-refractivity contribution is 5.58. The Morgan fingerprint density at radius 3 is 3.00 bits per heavy atom. The fourth-order valence-electron chi connectivity index (χ4n) is 1.72. The molecule has 1 aromatic rings. The van der Waals surface area contributed by atoms with E-state index < -0.39 is 5.60 Å². The molecule has 0 aliphatic carbocycles. The third kappa shape index (κ3) is 1.35. The van der Waals surface area contributed by atoms with Gasteiger partial charge in [0.1, 0.15) is 5.75 Å². The Balaban J connectivity index is 2.53. The van der Waals surface area contributed by atoms with E-state index in [-0.39, 0.29) is 5.75 Å². The fourth-order valence-corrected chi connectivity index (χ4v) is 1.72. The van der Waals surface area contributed by atoms with Crippen molar-refractivity contribution in [2.45, 2.75) is 18.9 Å². The van der Waals surface area contributed by atoms with Crippen LogP contribution in [0.4, 0.5) is 5.69 Å². The van der Waals surface area contributed by atoms with Gasteiger partial charge in [0.15, 0.2) is 0 Å². The van der Waals surface area contributed by atoms with E-state index >= 15 is 0 Å². The van der Waals surface area contributed by atoms with Crippen molar-refractivity contribution in [2.75, 3.05) is 11.9 Å². The summed E-state index contributed by atoms with van der Waals surface area (Å²) in [5, 5.41) is 22.4. The van der Waals surface area contributed by atoms with Crippen LogP contribution < -0.4 is 5.32 Å². The number of aromatic hydroxyl groups is 1. The highest BCUT2D eigenvalue weighted by Gasteiger charge is 2.29. The van der Waals surface area contributed by atoms with Gasteiger partial charge in [-0.15, -0.1) is 0 Å². The Kier molecular flexibility index (Phi) is 1.70. The Hall–Kier alpha value is -1.22. The van der Waals surface area contributed by atoms with E-state index in [2.05, 4.69) is 5.32 Å². The van der Waals surface area contributed by atoms with Crippen molar-refractivity contribution in [1.29, 1.82) is 0 Å². The standard InChI is InChI=1S/C10H13NO2/c1-10(13)4-5-11-9-6-7(12)2-3-8(9)10/h2-3,6,11-13H,4-5H2,1H3. The van der Waals surface area contributed by atoms with E-state index in [1.165, 1.54) is 0 Å². The summed E-state index contributed by atoms with van der Waals surface area (Å²) >= 11 is 0. The first kappa shape index (κ1) is 8.38. The maximum atomic E-state index is 10.00. The van der Waals surface area contributed by atoms with E-state index in [0.29, 0.717) is 6.42 Å². The highest BCUT2D eigenvalue weighted by Crippen LogP contribution is 2.36. The lowest BCUT2D eigenvalue weighted by atomic mass is 9.88. The molecule has 70 valence electrons. The number of benzene rings is 1. The summed E-state index contributed by atoms with van der Waals surface area (Å²) in [7, 11) is 0. The van der Waals surface area contributed by atoms with Crippen molar-refractivity contribution in [3.05, 3.63) is 23.8 Å². The van der Waals surface area contributed by atoms with Crippen LogP contribution in [0.25, 0.3) is 0 Å². The summed E-state index contributed by atoms with van der Waals surface area (Å²) in [6, 6.07) is 5.00. The number of aliphatic hydroxyl groups is 1. The van der Waals surface area contributed by atoms with Crippen molar-refractivity contribution < 1.29 is 10.2 Å². The lowest BCUT2D eigenvalue weighted by molar-refractivity contribution is 0.0488. The molecule has 1 aromatic carbocycles. The van der Waals surface area contributed by atoms with Crippen LogP contribution in [-0.2, 0) is 5.60 Å². The molecule has 3 heteroatoms. The van der Waals surface area contributed by atoms with Crippen LogP contribution in [0.15, 0.2) is 18.2 Å². The van der Waals surface area contributed by atoms with Crippen molar-refractivity contribution in [2.24, 2.45) is 0 Å². The van der Waals surface area contributed by atoms with Gasteiger partial charge in [0, 0.05) is 23.9 Å². The van der Waals surface area contributed by atoms with E-state index in [9.17, 15) is 10.2 Å². The molecular formula is C10H13NO2. The summed E-state index contributed by atoms with van der Waals surface area (Å²) in [5.41, 5.74) is 0.918. The molecule has 0 amide bonds. The van der Waals surface area contributed by atoms with Gasteiger partial charge >= 0.3 is 0 Å². The van der Waals surface area contributed by atoms with Gasteiger partial charge in [-0.05, 0) is 19.4 Å². The zero-order valence-electron chi connectivity index (χ0n) is 7.54. The molecule has 0 fully saturated rings. The molecule has 0 spiro atoms. The molecule has 13 heavy (non-hydrogen) atoms. The predicted molar refractivity (Wildman–Crippen MR) is 50.8 cm³/mol. The summed E-state index contributed by atoms with van der Waals surface area (Å²) in [4.78, 5) is 0. The number of nitrogens with one attached hydrogen (secondary N) is 1. The first-order valence-electron chi connectivity index (χ1n) is 4.39. The monoisotopic (exact) mass is 179 g/mol. The van der Waals surface area contributed by atoms with Crippen LogP contribution in [0.1, 0.15) is 18.9 Å². The number of rotatable bonds is 0. The number of anilines is 1. The van der Waals surface area contributed by atoms with Gasteiger partial charge in [-0.2, -0.15) is 0 Å². The molecule has 0 saturated carbocycles. The minimum absolute atomic E-state index is 0.226. The van der Waals surface area contributed by atoms with Gasteiger partial charge in [-0.1, -0.05) is 6.07 Å². The van der Waals surface area contributed by atoms with Gasteiger partial charge in [0.2, 0.25) is 0 Å². The molecule has 2 rings (SSSR count). The second-order valence-electron chi connectivity index (χ2n) is 3.68. The normalized spacial score (nSPS) is 26.3. The Labute approximate surface area is 77.0 Å². The molecule has 0 saturated heterocycles. The maximum Gasteiger partial charge on any atom is 0.117 e. The Bertz CT molecular complexity index is 334. The molecule has 0 bridgehead atoms. The predicted octanol–water partition coefficient (Wildman–Crippen LogP) is 1.42. The Morgan fingerprint density at radius 1 is 1.46 bits per heavy atom. The minimum atomic E-state index is -0.770. The number of phenols is 1.